The Labute approximate surface area is 132 Å². The van der Waals surface area contributed by atoms with Gasteiger partial charge in [-0.3, -0.25) is 9.80 Å². The van der Waals surface area contributed by atoms with E-state index in [0.717, 1.165) is 50.9 Å². The van der Waals surface area contributed by atoms with Crippen LogP contribution in [0.25, 0.3) is 0 Å². The Morgan fingerprint density at radius 1 is 0.773 bits per heavy atom. The quantitative estimate of drug-likeness (QED) is 0.852. The van der Waals surface area contributed by atoms with Gasteiger partial charge in [-0.25, -0.2) is 9.97 Å². The van der Waals surface area contributed by atoms with Crippen LogP contribution in [0.2, 0.25) is 0 Å². The first-order chi connectivity index (χ1) is 10.7. The molecule has 120 valence electrons. The number of hydrogen-bond acceptors (Lipinski definition) is 4. The van der Waals surface area contributed by atoms with Crippen molar-refractivity contribution in [3.63, 3.8) is 0 Å². The Bertz CT molecular complexity index is 527. The molecule has 1 fully saturated rings. The van der Waals surface area contributed by atoms with E-state index < -0.39 is 0 Å². The highest BCUT2D eigenvalue weighted by Crippen LogP contribution is 2.10. The number of imidazole rings is 2. The number of aryl methyl sites for hydroxylation is 2. The molecule has 0 unspecified atom stereocenters. The van der Waals surface area contributed by atoms with Crippen LogP contribution in [0.4, 0.5) is 0 Å². The Balaban J connectivity index is 1.50. The summed E-state index contributed by atoms with van der Waals surface area (Å²) in [5, 5.41) is 0. The lowest BCUT2D eigenvalue weighted by Gasteiger charge is -2.29. The zero-order valence-corrected chi connectivity index (χ0v) is 13.6. The molecule has 0 spiro atoms. The largest absolute Gasteiger partial charge is 0.337 e. The monoisotopic (exact) mass is 302 g/mol. The normalized spacial score (nSPS) is 18.3. The molecule has 0 aromatic carbocycles. The van der Waals surface area contributed by atoms with Gasteiger partial charge in [-0.05, 0) is 39.0 Å². The van der Waals surface area contributed by atoms with Gasteiger partial charge in [0.05, 0.1) is 13.1 Å². The Morgan fingerprint density at radius 3 is 1.50 bits per heavy atom. The lowest BCUT2D eigenvalue weighted by atomic mass is 10.2. The van der Waals surface area contributed by atoms with Crippen molar-refractivity contribution in [1.82, 2.24) is 28.9 Å². The summed E-state index contributed by atoms with van der Waals surface area (Å²) in [5.41, 5.74) is 0. The fourth-order valence-electron chi connectivity index (χ4n) is 3.07. The summed E-state index contributed by atoms with van der Waals surface area (Å²) in [4.78, 5) is 13.9. The second kappa shape index (κ2) is 7.07. The van der Waals surface area contributed by atoms with Crippen molar-refractivity contribution in [3.8, 4) is 0 Å². The molecule has 2 aromatic rings. The minimum Gasteiger partial charge on any atom is -0.337 e. The van der Waals surface area contributed by atoms with E-state index >= 15 is 0 Å². The van der Waals surface area contributed by atoms with Crippen LogP contribution < -0.4 is 0 Å². The van der Waals surface area contributed by atoms with Crippen LogP contribution in [0.15, 0.2) is 24.8 Å². The van der Waals surface area contributed by atoms with Crippen molar-refractivity contribution in [1.29, 1.82) is 0 Å². The smallest absolute Gasteiger partial charge is 0.122 e. The van der Waals surface area contributed by atoms with Gasteiger partial charge in [-0.1, -0.05) is 0 Å². The van der Waals surface area contributed by atoms with Gasteiger partial charge >= 0.3 is 0 Å². The average Bonchev–Trinajstić information content (AvgIpc) is 3.05. The molecule has 0 bridgehead atoms. The van der Waals surface area contributed by atoms with Gasteiger partial charge in [0.25, 0.3) is 0 Å². The Hall–Kier alpha value is -1.66. The molecule has 0 atom stereocenters. The minimum atomic E-state index is 0.961. The maximum Gasteiger partial charge on any atom is 0.122 e. The molecule has 1 aliphatic heterocycles. The summed E-state index contributed by atoms with van der Waals surface area (Å²) in [6.07, 6.45) is 10.2. The van der Waals surface area contributed by atoms with Crippen LogP contribution in [-0.4, -0.2) is 55.1 Å². The molecule has 0 radical (unpaired) electrons. The van der Waals surface area contributed by atoms with Gasteiger partial charge in [-0.15, -0.1) is 0 Å². The predicted molar refractivity (Wildman–Crippen MR) is 86.2 cm³/mol. The van der Waals surface area contributed by atoms with Gasteiger partial charge in [0.2, 0.25) is 0 Å². The van der Waals surface area contributed by atoms with Crippen LogP contribution in [-0.2, 0) is 27.2 Å². The topological polar surface area (TPSA) is 42.1 Å². The Kier molecular flexibility index (Phi) is 4.90. The lowest BCUT2D eigenvalue weighted by molar-refractivity contribution is 0.166. The molecule has 1 saturated heterocycles. The number of nitrogens with zero attached hydrogens (tertiary/aromatic N) is 6. The Morgan fingerprint density at radius 2 is 1.18 bits per heavy atom. The lowest BCUT2D eigenvalue weighted by Crippen LogP contribution is -2.37. The zero-order valence-electron chi connectivity index (χ0n) is 13.6. The molecule has 3 rings (SSSR count). The second-order valence-corrected chi connectivity index (χ2v) is 6.17. The minimum absolute atomic E-state index is 0.961. The summed E-state index contributed by atoms with van der Waals surface area (Å²) in [7, 11) is 4.14. The number of hydrogen-bond donors (Lipinski definition) is 0. The predicted octanol–water partition coefficient (Wildman–Crippen LogP) is 1.25. The second-order valence-electron chi connectivity index (χ2n) is 6.17. The molecule has 6 heteroatoms. The molecule has 0 N–H and O–H groups in total. The molecule has 1 aliphatic rings. The molecule has 0 amide bonds. The summed E-state index contributed by atoms with van der Waals surface area (Å²) >= 11 is 0. The van der Waals surface area contributed by atoms with Crippen molar-refractivity contribution in [2.24, 2.45) is 14.1 Å². The molecule has 0 aliphatic carbocycles. The van der Waals surface area contributed by atoms with E-state index in [2.05, 4.69) is 43.0 Å². The van der Waals surface area contributed by atoms with Gasteiger partial charge in [0.15, 0.2) is 0 Å². The van der Waals surface area contributed by atoms with Gasteiger partial charge in [0.1, 0.15) is 11.6 Å². The van der Waals surface area contributed by atoms with Crippen molar-refractivity contribution >= 4 is 0 Å². The molecular formula is C16H26N6. The van der Waals surface area contributed by atoms with Gasteiger partial charge in [0, 0.05) is 38.9 Å². The van der Waals surface area contributed by atoms with Crippen LogP contribution >= 0.6 is 0 Å². The fourth-order valence-corrected chi connectivity index (χ4v) is 3.07. The molecule has 3 heterocycles. The fraction of sp³-hybridized carbons (Fsp3) is 0.625. The summed E-state index contributed by atoms with van der Waals surface area (Å²) < 4.78 is 4.23. The van der Waals surface area contributed by atoms with Crippen molar-refractivity contribution in [3.05, 3.63) is 36.4 Å². The molecular weight excluding hydrogens is 276 g/mol. The van der Waals surface area contributed by atoms with Crippen molar-refractivity contribution in [2.75, 3.05) is 26.2 Å². The third kappa shape index (κ3) is 3.75. The number of rotatable bonds is 4. The van der Waals surface area contributed by atoms with Gasteiger partial charge in [-0.2, -0.15) is 0 Å². The van der Waals surface area contributed by atoms with E-state index in [4.69, 9.17) is 0 Å². The third-order valence-electron chi connectivity index (χ3n) is 4.47. The van der Waals surface area contributed by atoms with E-state index in [1.54, 1.807) is 0 Å². The highest BCUT2D eigenvalue weighted by Gasteiger charge is 2.15. The van der Waals surface area contributed by atoms with Crippen LogP contribution in [0.1, 0.15) is 24.5 Å². The average molecular weight is 302 g/mol. The summed E-state index contributed by atoms with van der Waals surface area (Å²) in [6, 6.07) is 0. The highest BCUT2D eigenvalue weighted by atomic mass is 15.2. The maximum absolute atomic E-state index is 4.44. The summed E-state index contributed by atoms with van der Waals surface area (Å²) in [5.74, 6) is 2.32. The first-order valence-electron chi connectivity index (χ1n) is 8.09. The van der Waals surface area contributed by atoms with Gasteiger partial charge < -0.3 is 9.13 Å². The highest BCUT2D eigenvalue weighted by molar-refractivity contribution is 4.92. The maximum atomic E-state index is 4.44. The molecule has 22 heavy (non-hydrogen) atoms. The van der Waals surface area contributed by atoms with E-state index in [1.165, 1.54) is 12.8 Å². The van der Waals surface area contributed by atoms with Crippen LogP contribution in [0.5, 0.6) is 0 Å². The molecule has 6 nitrogen and oxygen atoms in total. The third-order valence-corrected chi connectivity index (χ3v) is 4.47. The molecule has 0 saturated carbocycles. The van der Waals surface area contributed by atoms with Crippen LogP contribution in [0.3, 0.4) is 0 Å². The van der Waals surface area contributed by atoms with E-state index in [0.29, 0.717) is 0 Å². The van der Waals surface area contributed by atoms with Crippen molar-refractivity contribution in [2.45, 2.75) is 25.9 Å². The number of aromatic nitrogens is 4. The standard InChI is InChI=1S/C16H26N6/c1-19-11-5-17-15(19)13-21-7-3-9-22(10-4-8-21)14-16-18-6-12-20(16)2/h5-6,11-12H,3-4,7-10,13-14H2,1-2H3. The zero-order chi connectivity index (χ0) is 15.4. The van der Waals surface area contributed by atoms with Crippen LogP contribution in [0, 0.1) is 0 Å². The summed E-state index contributed by atoms with van der Waals surface area (Å²) in [6.45, 7) is 6.49. The molecule has 2 aromatic heterocycles. The van der Waals surface area contributed by atoms with Crippen molar-refractivity contribution < 1.29 is 0 Å². The van der Waals surface area contributed by atoms with E-state index in [1.807, 2.05) is 24.8 Å². The van der Waals surface area contributed by atoms with E-state index in [-0.39, 0.29) is 0 Å². The first-order valence-corrected chi connectivity index (χ1v) is 8.09. The van der Waals surface area contributed by atoms with E-state index in [9.17, 15) is 0 Å². The first kappa shape index (κ1) is 15.2. The SMILES string of the molecule is Cn1ccnc1CN1CCCN(Cc2nccn2C)CCC1.